The molecule has 0 N–H and O–H groups in total. The Morgan fingerprint density at radius 2 is 1.61 bits per heavy atom. The molecule has 1 aliphatic rings. The van der Waals surface area contributed by atoms with Crippen molar-refractivity contribution in [2.45, 2.75) is 31.5 Å². The Bertz CT molecular complexity index is 681. The van der Waals surface area contributed by atoms with Crippen LogP contribution in [0.25, 0.3) is 0 Å². The largest absolute Gasteiger partial charge is 0.458 e. The third kappa shape index (κ3) is 3.59. The lowest BCUT2D eigenvalue weighted by Gasteiger charge is -2.25. The number of esters is 2. The van der Waals surface area contributed by atoms with Gasteiger partial charge in [-0.15, -0.1) is 0 Å². The lowest BCUT2D eigenvalue weighted by molar-refractivity contribution is -0.175. The number of ether oxygens (including phenoxy) is 2. The summed E-state index contributed by atoms with van der Waals surface area (Å²) < 4.78 is 10.8. The molecule has 4 heteroatoms. The van der Waals surface area contributed by atoms with Crippen molar-refractivity contribution in [1.29, 1.82) is 0 Å². The number of cyclic esters (lactones) is 1. The Kier molecular flexibility index (Phi) is 4.42. The molecule has 1 fully saturated rings. The smallest absolute Gasteiger partial charge is 0.351 e. The maximum Gasteiger partial charge on any atom is 0.351 e. The Balaban J connectivity index is 1.73. The van der Waals surface area contributed by atoms with Crippen LogP contribution in [0.1, 0.15) is 24.0 Å². The van der Waals surface area contributed by atoms with Crippen molar-refractivity contribution in [3.8, 4) is 0 Å². The lowest BCUT2D eigenvalue weighted by atomic mass is 9.91. The molecule has 1 atom stereocenters. The van der Waals surface area contributed by atoms with Gasteiger partial charge in [0.2, 0.25) is 5.60 Å². The van der Waals surface area contributed by atoms with Crippen molar-refractivity contribution >= 4 is 11.9 Å². The first kappa shape index (κ1) is 15.3. The normalized spacial score (nSPS) is 20.1. The van der Waals surface area contributed by atoms with Crippen molar-refractivity contribution < 1.29 is 19.1 Å². The minimum absolute atomic E-state index is 0.174. The highest BCUT2D eigenvalue weighted by Crippen LogP contribution is 2.32. The zero-order chi connectivity index (χ0) is 16.1. The Morgan fingerprint density at radius 3 is 2.17 bits per heavy atom. The number of hydrogen-bond acceptors (Lipinski definition) is 4. The molecule has 2 aromatic carbocycles. The highest BCUT2D eigenvalue weighted by Gasteiger charge is 2.48. The van der Waals surface area contributed by atoms with Crippen LogP contribution in [0, 0.1) is 0 Å². The summed E-state index contributed by atoms with van der Waals surface area (Å²) in [7, 11) is 0. The molecular weight excluding hydrogens is 292 g/mol. The first-order valence-corrected chi connectivity index (χ1v) is 7.65. The van der Waals surface area contributed by atoms with Crippen LogP contribution in [0.4, 0.5) is 0 Å². The Labute approximate surface area is 135 Å². The van der Waals surface area contributed by atoms with Crippen molar-refractivity contribution in [2.24, 2.45) is 0 Å². The first-order chi connectivity index (χ1) is 11.2. The molecule has 0 aliphatic carbocycles. The molecule has 1 unspecified atom stereocenters. The summed E-state index contributed by atoms with van der Waals surface area (Å²) in [6, 6.07) is 19.0. The van der Waals surface area contributed by atoms with Crippen LogP contribution in [-0.2, 0) is 32.1 Å². The van der Waals surface area contributed by atoms with Crippen LogP contribution in [-0.4, -0.2) is 17.5 Å². The molecule has 0 radical (unpaired) electrons. The molecular formula is C19H18O4. The summed E-state index contributed by atoms with van der Waals surface area (Å²) in [5.74, 6) is -0.825. The van der Waals surface area contributed by atoms with E-state index in [4.69, 9.17) is 9.47 Å². The SMILES string of the molecule is O=C1CCC(Cc2ccccc2)(C(=O)OCc2ccccc2)O1. The fourth-order valence-corrected chi connectivity index (χ4v) is 2.74. The van der Waals surface area contributed by atoms with Crippen LogP contribution in [0.15, 0.2) is 60.7 Å². The molecule has 4 nitrogen and oxygen atoms in total. The van der Waals surface area contributed by atoms with Gasteiger partial charge in [-0.25, -0.2) is 4.79 Å². The Morgan fingerprint density at radius 1 is 1.00 bits per heavy atom. The van der Waals surface area contributed by atoms with E-state index in [0.29, 0.717) is 12.8 Å². The standard InChI is InChI=1S/C19H18O4/c20-17-11-12-19(23-17,13-15-7-3-1-4-8-15)18(21)22-14-16-9-5-2-6-10-16/h1-10H,11-14H2. The molecule has 0 spiro atoms. The number of rotatable bonds is 5. The van der Waals surface area contributed by atoms with Gasteiger partial charge >= 0.3 is 11.9 Å². The topological polar surface area (TPSA) is 52.6 Å². The molecule has 1 aliphatic heterocycles. The molecule has 1 saturated heterocycles. The minimum atomic E-state index is -1.20. The highest BCUT2D eigenvalue weighted by atomic mass is 16.6. The van der Waals surface area contributed by atoms with Gasteiger partial charge < -0.3 is 9.47 Å². The lowest BCUT2D eigenvalue weighted by Crippen LogP contribution is -2.42. The van der Waals surface area contributed by atoms with E-state index in [1.54, 1.807) is 0 Å². The van der Waals surface area contributed by atoms with E-state index in [9.17, 15) is 9.59 Å². The average molecular weight is 310 g/mol. The summed E-state index contributed by atoms with van der Waals surface area (Å²) in [6.45, 7) is 0.174. The van der Waals surface area contributed by atoms with Crippen LogP contribution >= 0.6 is 0 Å². The van der Waals surface area contributed by atoms with E-state index in [2.05, 4.69) is 0 Å². The second-order valence-corrected chi connectivity index (χ2v) is 5.69. The van der Waals surface area contributed by atoms with Gasteiger partial charge in [0.15, 0.2) is 0 Å². The van der Waals surface area contributed by atoms with Crippen molar-refractivity contribution in [3.05, 3.63) is 71.8 Å². The highest BCUT2D eigenvalue weighted by molar-refractivity contribution is 5.87. The summed E-state index contributed by atoms with van der Waals surface area (Å²) in [4.78, 5) is 24.2. The van der Waals surface area contributed by atoms with Gasteiger partial charge in [-0.05, 0) is 11.1 Å². The summed E-state index contributed by atoms with van der Waals surface area (Å²) >= 11 is 0. The molecule has 0 saturated carbocycles. The molecule has 23 heavy (non-hydrogen) atoms. The summed E-state index contributed by atoms with van der Waals surface area (Å²) in [6.07, 6.45) is 0.939. The number of carbonyl (C=O) groups excluding carboxylic acids is 2. The predicted molar refractivity (Wildman–Crippen MR) is 84.4 cm³/mol. The van der Waals surface area contributed by atoms with E-state index in [-0.39, 0.29) is 19.0 Å². The third-order valence-electron chi connectivity index (χ3n) is 3.96. The van der Waals surface area contributed by atoms with Gasteiger partial charge in [-0.2, -0.15) is 0 Å². The summed E-state index contributed by atoms with van der Waals surface area (Å²) in [5, 5.41) is 0. The van der Waals surface area contributed by atoms with E-state index in [0.717, 1.165) is 11.1 Å². The number of benzene rings is 2. The van der Waals surface area contributed by atoms with Crippen LogP contribution in [0.3, 0.4) is 0 Å². The van der Waals surface area contributed by atoms with E-state index in [1.165, 1.54) is 0 Å². The molecule has 2 aromatic rings. The van der Waals surface area contributed by atoms with Gasteiger partial charge in [-0.3, -0.25) is 4.79 Å². The molecule has 0 bridgehead atoms. The van der Waals surface area contributed by atoms with Crippen LogP contribution in [0.5, 0.6) is 0 Å². The van der Waals surface area contributed by atoms with Crippen molar-refractivity contribution in [3.63, 3.8) is 0 Å². The van der Waals surface area contributed by atoms with E-state index in [1.807, 2.05) is 60.7 Å². The molecule has 0 amide bonds. The zero-order valence-electron chi connectivity index (χ0n) is 12.7. The summed E-state index contributed by atoms with van der Waals surface area (Å²) in [5.41, 5.74) is 0.645. The fraction of sp³-hybridized carbons (Fsp3) is 0.263. The van der Waals surface area contributed by atoms with Crippen molar-refractivity contribution in [1.82, 2.24) is 0 Å². The number of hydrogen-bond donors (Lipinski definition) is 0. The predicted octanol–water partition coefficient (Wildman–Crippen LogP) is 3.05. The van der Waals surface area contributed by atoms with Gasteiger partial charge in [0.1, 0.15) is 6.61 Å². The second kappa shape index (κ2) is 6.65. The third-order valence-corrected chi connectivity index (χ3v) is 3.96. The quantitative estimate of drug-likeness (QED) is 0.797. The van der Waals surface area contributed by atoms with Gasteiger partial charge in [0.05, 0.1) is 0 Å². The minimum Gasteiger partial charge on any atom is -0.458 e. The maximum absolute atomic E-state index is 12.6. The second-order valence-electron chi connectivity index (χ2n) is 5.69. The number of carbonyl (C=O) groups is 2. The van der Waals surface area contributed by atoms with Gasteiger partial charge in [0, 0.05) is 19.3 Å². The average Bonchev–Trinajstić information content (AvgIpc) is 2.96. The van der Waals surface area contributed by atoms with Crippen molar-refractivity contribution in [2.75, 3.05) is 0 Å². The van der Waals surface area contributed by atoms with Gasteiger partial charge in [-0.1, -0.05) is 60.7 Å². The van der Waals surface area contributed by atoms with E-state index < -0.39 is 11.6 Å². The molecule has 1 heterocycles. The van der Waals surface area contributed by atoms with Crippen LogP contribution in [0.2, 0.25) is 0 Å². The Hall–Kier alpha value is -2.62. The first-order valence-electron chi connectivity index (χ1n) is 7.65. The molecule has 3 rings (SSSR count). The maximum atomic E-state index is 12.6. The van der Waals surface area contributed by atoms with Crippen LogP contribution < -0.4 is 0 Å². The fourth-order valence-electron chi connectivity index (χ4n) is 2.74. The van der Waals surface area contributed by atoms with E-state index >= 15 is 0 Å². The molecule has 118 valence electrons. The molecule has 0 aromatic heterocycles. The monoisotopic (exact) mass is 310 g/mol. The van der Waals surface area contributed by atoms with Gasteiger partial charge in [0.25, 0.3) is 0 Å². The zero-order valence-corrected chi connectivity index (χ0v) is 12.7.